The molecule has 3 rings (SSSR count). The Hall–Kier alpha value is -4.25. The lowest BCUT2D eigenvalue weighted by molar-refractivity contribution is -0.140. The maximum absolute atomic E-state index is 14.0. The van der Waals surface area contributed by atoms with Crippen molar-refractivity contribution in [1.29, 1.82) is 0 Å². The fourth-order valence-electron chi connectivity index (χ4n) is 4.21. The summed E-state index contributed by atoms with van der Waals surface area (Å²) >= 11 is 0. The molecule has 0 fully saturated rings. The summed E-state index contributed by atoms with van der Waals surface area (Å²) in [7, 11) is 0.157. The minimum Gasteiger partial charge on any atom is -0.497 e. The van der Waals surface area contributed by atoms with Gasteiger partial charge in [-0.25, -0.2) is 8.42 Å². The molecule has 0 bridgehead atoms. The Morgan fingerprint density at radius 3 is 2.02 bits per heavy atom. The summed E-state index contributed by atoms with van der Waals surface area (Å²) in [5.74, 6) is 0.315. The maximum Gasteiger partial charge on any atom is 0.264 e. The number of benzene rings is 3. The monoisotopic (exact) mass is 597 g/mol. The predicted molar refractivity (Wildman–Crippen MR) is 161 cm³/mol. The molecular weight excluding hydrogens is 558 g/mol. The number of nitrogens with one attached hydrogen (secondary N) is 1. The van der Waals surface area contributed by atoms with E-state index in [2.05, 4.69) is 5.32 Å². The fourth-order valence-corrected chi connectivity index (χ4v) is 5.64. The summed E-state index contributed by atoms with van der Waals surface area (Å²) in [5, 5.41) is 2.91. The van der Waals surface area contributed by atoms with Crippen LogP contribution in [0, 0.1) is 0 Å². The van der Waals surface area contributed by atoms with Gasteiger partial charge in [-0.05, 0) is 69.7 Å². The van der Waals surface area contributed by atoms with Crippen molar-refractivity contribution in [3.05, 3.63) is 78.4 Å². The molecule has 0 aliphatic heterocycles. The van der Waals surface area contributed by atoms with E-state index in [0.29, 0.717) is 11.5 Å². The largest absolute Gasteiger partial charge is 0.497 e. The molecule has 1 unspecified atom stereocenters. The zero-order valence-corrected chi connectivity index (χ0v) is 25.9. The molecule has 0 saturated carbocycles. The number of rotatable bonds is 12. The number of carbonyl (C=O) groups is 2. The van der Waals surface area contributed by atoms with Crippen LogP contribution in [0.15, 0.2) is 77.7 Å². The second-order valence-electron chi connectivity index (χ2n) is 10.6. The van der Waals surface area contributed by atoms with E-state index in [1.54, 1.807) is 68.6 Å². The normalized spacial score (nSPS) is 12.2. The van der Waals surface area contributed by atoms with Crippen molar-refractivity contribution in [2.45, 2.75) is 50.7 Å². The minimum atomic E-state index is -4.26. The van der Waals surface area contributed by atoms with Crippen LogP contribution < -0.4 is 23.8 Å². The highest BCUT2D eigenvalue weighted by Crippen LogP contribution is 2.32. The van der Waals surface area contributed by atoms with Gasteiger partial charge in [0.25, 0.3) is 10.0 Å². The van der Waals surface area contributed by atoms with Crippen molar-refractivity contribution < 1.29 is 32.2 Å². The number of carbonyl (C=O) groups excluding carboxylic acids is 2. The van der Waals surface area contributed by atoms with Crippen molar-refractivity contribution in [1.82, 2.24) is 10.2 Å². The van der Waals surface area contributed by atoms with Crippen LogP contribution in [0.3, 0.4) is 0 Å². The summed E-state index contributed by atoms with van der Waals surface area (Å²) in [6, 6.07) is 18.8. The van der Waals surface area contributed by atoms with Crippen molar-refractivity contribution in [2.75, 3.05) is 32.2 Å². The molecule has 42 heavy (non-hydrogen) atoms. The van der Waals surface area contributed by atoms with E-state index in [1.807, 2.05) is 20.8 Å². The Bertz CT molecular complexity index is 1470. The lowest BCUT2D eigenvalue weighted by Crippen LogP contribution is -2.54. The summed E-state index contributed by atoms with van der Waals surface area (Å²) in [5.41, 5.74) is 0.498. The summed E-state index contributed by atoms with van der Waals surface area (Å²) in [6.07, 6.45) is 0. The SMILES string of the molecule is COc1ccc(CN(C(=O)CN(c2ccccc2)S(=O)(=O)c2ccc(OC)c(OC)c2)C(C)C(=O)NC(C)(C)C)cc1. The van der Waals surface area contributed by atoms with Crippen LogP contribution in [0.4, 0.5) is 5.69 Å². The first-order valence-corrected chi connectivity index (χ1v) is 14.8. The van der Waals surface area contributed by atoms with E-state index < -0.39 is 34.1 Å². The van der Waals surface area contributed by atoms with E-state index in [9.17, 15) is 18.0 Å². The Labute approximate surface area is 248 Å². The zero-order chi connectivity index (χ0) is 31.1. The first kappa shape index (κ1) is 32.3. The van der Waals surface area contributed by atoms with Gasteiger partial charge < -0.3 is 24.4 Å². The number of sulfonamides is 1. The average Bonchev–Trinajstić information content (AvgIpc) is 2.97. The Morgan fingerprint density at radius 1 is 0.857 bits per heavy atom. The van der Waals surface area contributed by atoms with Gasteiger partial charge in [0.2, 0.25) is 11.8 Å². The third-order valence-corrected chi connectivity index (χ3v) is 8.21. The molecule has 3 aromatic carbocycles. The van der Waals surface area contributed by atoms with Gasteiger partial charge in [-0.3, -0.25) is 13.9 Å². The number of ether oxygens (including phenoxy) is 3. The van der Waals surface area contributed by atoms with Crippen molar-refractivity contribution in [3.63, 3.8) is 0 Å². The van der Waals surface area contributed by atoms with Gasteiger partial charge in [0.05, 0.1) is 31.9 Å². The second-order valence-corrected chi connectivity index (χ2v) is 12.5. The van der Waals surface area contributed by atoms with Crippen molar-refractivity contribution >= 4 is 27.5 Å². The summed E-state index contributed by atoms with van der Waals surface area (Å²) in [6.45, 7) is 6.68. The van der Waals surface area contributed by atoms with Crippen molar-refractivity contribution in [3.8, 4) is 17.2 Å². The van der Waals surface area contributed by atoms with E-state index in [1.165, 1.54) is 37.3 Å². The molecule has 11 heteroatoms. The first-order valence-electron chi connectivity index (χ1n) is 13.3. The third kappa shape index (κ3) is 7.94. The van der Waals surface area contributed by atoms with Crippen LogP contribution in [0.25, 0.3) is 0 Å². The molecule has 0 aliphatic carbocycles. The average molecular weight is 598 g/mol. The van der Waals surface area contributed by atoms with Crippen LogP contribution in [-0.2, 0) is 26.2 Å². The molecule has 0 spiro atoms. The third-order valence-electron chi connectivity index (χ3n) is 6.44. The van der Waals surface area contributed by atoms with Gasteiger partial charge in [-0.15, -0.1) is 0 Å². The zero-order valence-electron chi connectivity index (χ0n) is 25.1. The number of hydrogen-bond donors (Lipinski definition) is 1. The summed E-state index contributed by atoms with van der Waals surface area (Å²) < 4.78 is 44.9. The van der Waals surface area contributed by atoms with Gasteiger partial charge in [0, 0.05) is 18.2 Å². The molecule has 0 aromatic heterocycles. The van der Waals surface area contributed by atoms with Gasteiger partial charge in [0.15, 0.2) is 11.5 Å². The number of anilines is 1. The predicted octanol–water partition coefficient (Wildman–Crippen LogP) is 4.24. The molecule has 226 valence electrons. The Kier molecular flexibility index (Phi) is 10.5. The minimum absolute atomic E-state index is 0.0700. The van der Waals surface area contributed by atoms with Crippen LogP contribution in [0.5, 0.6) is 17.2 Å². The molecule has 0 radical (unpaired) electrons. The number of methoxy groups -OCH3 is 3. The Balaban J connectivity index is 2.04. The Morgan fingerprint density at radius 2 is 1.48 bits per heavy atom. The highest BCUT2D eigenvalue weighted by molar-refractivity contribution is 7.92. The van der Waals surface area contributed by atoms with E-state index >= 15 is 0 Å². The van der Waals surface area contributed by atoms with Gasteiger partial charge in [-0.1, -0.05) is 30.3 Å². The van der Waals surface area contributed by atoms with Gasteiger partial charge in [0.1, 0.15) is 18.3 Å². The molecule has 1 atom stereocenters. The highest BCUT2D eigenvalue weighted by atomic mass is 32.2. The van der Waals surface area contributed by atoms with Crippen LogP contribution in [-0.4, -0.2) is 64.6 Å². The smallest absolute Gasteiger partial charge is 0.264 e. The van der Waals surface area contributed by atoms with E-state index in [4.69, 9.17) is 14.2 Å². The fraction of sp³-hybridized carbons (Fsp3) is 0.355. The molecule has 0 heterocycles. The van der Waals surface area contributed by atoms with Gasteiger partial charge in [-0.2, -0.15) is 0 Å². The standard InChI is InChI=1S/C31H39N3O7S/c1-22(30(36)32-31(2,3)4)33(20-23-13-15-25(39-5)16-14-23)29(35)21-34(24-11-9-8-10-12-24)42(37,38)26-17-18-27(40-6)28(19-26)41-7/h8-19,22H,20-21H2,1-7H3,(H,32,36). The quantitative estimate of drug-likeness (QED) is 0.332. The van der Waals surface area contributed by atoms with Crippen LogP contribution in [0.1, 0.15) is 33.3 Å². The topological polar surface area (TPSA) is 114 Å². The van der Waals surface area contributed by atoms with E-state index in [-0.39, 0.29) is 28.8 Å². The van der Waals surface area contributed by atoms with Crippen LogP contribution in [0.2, 0.25) is 0 Å². The van der Waals surface area contributed by atoms with Crippen LogP contribution >= 0.6 is 0 Å². The molecule has 10 nitrogen and oxygen atoms in total. The number of hydrogen-bond acceptors (Lipinski definition) is 7. The molecule has 0 aliphatic rings. The van der Waals surface area contributed by atoms with Crippen molar-refractivity contribution in [2.24, 2.45) is 0 Å². The lowest BCUT2D eigenvalue weighted by Gasteiger charge is -2.33. The number of amides is 2. The second kappa shape index (κ2) is 13.6. The summed E-state index contributed by atoms with van der Waals surface area (Å²) in [4.78, 5) is 28.5. The molecule has 3 aromatic rings. The lowest BCUT2D eigenvalue weighted by atomic mass is 10.1. The van der Waals surface area contributed by atoms with E-state index in [0.717, 1.165) is 9.87 Å². The molecular formula is C31H39N3O7S. The highest BCUT2D eigenvalue weighted by Gasteiger charge is 2.33. The van der Waals surface area contributed by atoms with Gasteiger partial charge >= 0.3 is 0 Å². The number of nitrogens with zero attached hydrogens (tertiary/aromatic N) is 2. The maximum atomic E-state index is 14.0. The molecule has 0 saturated heterocycles. The molecule has 1 N–H and O–H groups in total. The molecule has 2 amide bonds. The number of para-hydroxylation sites is 1. The first-order chi connectivity index (χ1) is 19.8.